The highest BCUT2D eigenvalue weighted by molar-refractivity contribution is 5.94. The van der Waals surface area contributed by atoms with Gasteiger partial charge >= 0.3 is 29.8 Å². The topological polar surface area (TPSA) is 224 Å². The molecule has 0 radical (unpaired) electrons. The average molecular weight is 1240 g/mol. The van der Waals surface area contributed by atoms with Gasteiger partial charge in [-0.05, 0) is 60.7 Å². The molecule has 16 rings (SSSR count). The van der Waals surface area contributed by atoms with E-state index in [0.29, 0.717) is 27.8 Å². The molecule has 480 valence electrons. The van der Waals surface area contributed by atoms with Gasteiger partial charge in [-0.3, -0.25) is 0 Å². The lowest BCUT2D eigenvalue weighted by Crippen LogP contribution is -2.49. The van der Waals surface area contributed by atoms with E-state index in [4.69, 9.17) is 71.1 Å². The van der Waals surface area contributed by atoms with E-state index in [9.17, 15) is 24.0 Å². The minimum Gasteiger partial charge on any atom is -0.456 e. The van der Waals surface area contributed by atoms with Crippen molar-refractivity contribution in [3.63, 3.8) is 0 Å². The number of benzene rings is 5. The Kier molecular flexibility index (Phi) is 17.6. The molecule has 0 saturated carbocycles. The number of rotatable bonds is 0. The number of carbonyl (C=O) groups excluding carboxylic acids is 5. The molecular weight excluding hydrogens is 1160 g/mol. The van der Waals surface area contributed by atoms with Gasteiger partial charge in [0.2, 0.25) is 28.9 Å². The summed E-state index contributed by atoms with van der Waals surface area (Å²) in [6, 6.07) is 32.3. The molecule has 5 saturated heterocycles. The maximum absolute atomic E-state index is 14.0. The van der Waals surface area contributed by atoms with E-state index in [2.05, 4.69) is 0 Å². The van der Waals surface area contributed by atoms with E-state index < -0.39 is 58.8 Å². The van der Waals surface area contributed by atoms with Crippen LogP contribution in [0.25, 0.3) is 0 Å². The lowest BCUT2D eigenvalue weighted by atomic mass is 9.92. The monoisotopic (exact) mass is 1240 g/mol. The molecule has 20 heteroatoms. The fourth-order valence-electron chi connectivity index (χ4n) is 10.7. The first-order valence-electron chi connectivity index (χ1n) is 30.3. The third-order valence-corrected chi connectivity index (χ3v) is 16.7. The number of fused-ring (bicyclic) bond motifs is 5. The van der Waals surface area contributed by atoms with Crippen molar-refractivity contribution in [3.8, 4) is 0 Å². The first-order valence-corrected chi connectivity index (χ1v) is 30.3. The molecule has 11 heterocycles. The predicted molar refractivity (Wildman–Crippen MR) is 320 cm³/mol. The molecular formula is C70H80O20. The van der Waals surface area contributed by atoms with Gasteiger partial charge in [-0.2, -0.15) is 0 Å². The number of hydrogen-bond acceptors (Lipinski definition) is 20. The first kappa shape index (κ1) is 64.6. The third-order valence-electron chi connectivity index (χ3n) is 16.7. The van der Waals surface area contributed by atoms with Crippen LogP contribution in [0.2, 0.25) is 0 Å². The third kappa shape index (κ3) is 13.9. The van der Waals surface area contributed by atoms with Crippen molar-refractivity contribution in [1.29, 1.82) is 0 Å². The largest absolute Gasteiger partial charge is 0.456 e. The highest BCUT2D eigenvalue weighted by atomic mass is 16.8. The maximum Gasteiger partial charge on any atom is 0.338 e. The summed E-state index contributed by atoms with van der Waals surface area (Å²) in [5.74, 6) is -11.1. The molecule has 0 unspecified atom stereocenters. The Hall–Kier alpha value is -6.95. The van der Waals surface area contributed by atoms with Gasteiger partial charge in [0.25, 0.3) is 0 Å². The van der Waals surface area contributed by atoms with Crippen LogP contribution in [0.5, 0.6) is 0 Å². The molecule has 5 aromatic rings. The Balaban J connectivity index is 0.898. The molecule has 10 bridgehead atoms. The summed E-state index contributed by atoms with van der Waals surface area (Å²) in [5, 5.41) is 0. The summed E-state index contributed by atoms with van der Waals surface area (Å²) in [7, 11) is 0. The van der Waals surface area contributed by atoms with Crippen LogP contribution in [0.1, 0.15) is 149 Å². The molecule has 5 fully saturated rings. The van der Waals surface area contributed by atoms with Gasteiger partial charge in [-0.15, -0.1) is 0 Å². The van der Waals surface area contributed by atoms with Gasteiger partial charge in [0, 0.05) is 54.9 Å². The summed E-state index contributed by atoms with van der Waals surface area (Å²) in [5.41, 5.74) is 1.60. The van der Waals surface area contributed by atoms with Crippen molar-refractivity contribution in [3.05, 3.63) is 177 Å². The van der Waals surface area contributed by atoms with Crippen LogP contribution >= 0.6 is 0 Å². The summed E-state index contributed by atoms with van der Waals surface area (Å²) in [6.07, 6.45) is 0. The minimum atomic E-state index is -1.55. The van der Waals surface area contributed by atoms with Crippen molar-refractivity contribution in [1.82, 2.24) is 0 Å². The van der Waals surface area contributed by atoms with Gasteiger partial charge in [-0.1, -0.05) is 130 Å². The van der Waals surface area contributed by atoms with Gasteiger partial charge in [0.15, 0.2) is 33.0 Å². The van der Waals surface area contributed by atoms with Crippen molar-refractivity contribution < 1.29 is 95.0 Å². The Bertz CT molecular complexity index is 3390. The van der Waals surface area contributed by atoms with Crippen LogP contribution in [-0.4, -0.2) is 129 Å². The second-order valence-electron chi connectivity index (χ2n) is 28.2. The highest BCUT2D eigenvalue weighted by Gasteiger charge is 2.50. The minimum absolute atomic E-state index is 0.142. The van der Waals surface area contributed by atoms with Gasteiger partial charge < -0.3 is 71.1 Å². The Morgan fingerprint density at radius 3 is 0.467 bits per heavy atom. The van der Waals surface area contributed by atoms with E-state index in [-0.39, 0.29) is 154 Å². The van der Waals surface area contributed by atoms with Gasteiger partial charge in [0.05, 0.1) is 93.9 Å². The van der Waals surface area contributed by atoms with Crippen LogP contribution in [0, 0.1) is 27.1 Å². The van der Waals surface area contributed by atoms with Gasteiger partial charge in [-0.25, -0.2) is 24.0 Å². The highest BCUT2D eigenvalue weighted by Crippen LogP contribution is 2.44. The zero-order valence-corrected chi connectivity index (χ0v) is 52.8. The lowest BCUT2D eigenvalue weighted by molar-refractivity contribution is -0.321. The fraction of sp³-hybridized carbons (Fsp3) is 0.500. The van der Waals surface area contributed by atoms with Gasteiger partial charge in [0.1, 0.15) is 0 Å². The summed E-state index contributed by atoms with van der Waals surface area (Å²) in [6.45, 7) is 20.9. The van der Waals surface area contributed by atoms with E-state index in [1.807, 2.05) is 69.2 Å². The van der Waals surface area contributed by atoms with Crippen LogP contribution in [0.3, 0.4) is 0 Å². The number of carbonyl (C=O) groups is 5. The molecule has 20 nitrogen and oxygen atoms in total. The van der Waals surface area contributed by atoms with Crippen LogP contribution in [-0.2, 0) is 100.0 Å². The quantitative estimate of drug-likeness (QED) is 0.104. The molecule has 90 heavy (non-hydrogen) atoms. The number of ether oxygens (including phenoxy) is 15. The summed E-state index contributed by atoms with van der Waals surface area (Å²) < 4.78 is 94.3. The molecule has 11 aliphatic rings. The molecule has 0 aliphatic carbocycles. The van der Waals surface area contributed by atoms with Crippen LogP contribution in [0.4, 0.5) is 0 Å². The second kappa shape index (κ2) is 24.6. The predicted octanol–water partition coefficient (Wildman–Crippen LogP) is 10.4. The summed E-state index contributed by atoms with van der Waals surface area (Å²) >= 11 is 0. The molecule has 0 N–H and O–H groups in total. The fourth-order valence-corrected chi connectivity index (χ4v) is 10.7. The van der Waals surface area contributed by atoms with Crippen molar-refractivity contribution in [2.75, 3.05) is 99.1 Å². The van der Waals surface area contributed by atoms with Crippen molar-refractivity contribution >= 4 is 29.8 Å². The smallest absolute Gasteiger partial charge is 0.338 e. The molecule has 5 aromatic carbocycles. The zero-order valence-electron chi connectivity index (χ0n) is 52.8. The van der Waals surface area contributed by atoms with E-state index in [1.54, 1.807) is 97.1 Å². The van der Waals surface area contributed by atoms with Crippen molar-refractivity contribution in [2.45, 2.75) is 98.2 Å². The second-order valence-corrected chi connectivity index (χ2v) is 28.2. The van der Waals surface area contributed by atoms with E-state index in [1.165, 1.54) is 24.3 Å². The molecule has 5 spiro atoms. The lowest BCUT2D eigenvalue weighted by Gasteiger charge is -2.44. The van der Waals surface area contributed by atoms with Crippen molar-refractivity contribution in [2.24, 2.45) is 27.1 Å². The first-order chi connectivity index (χ1) is 42.5. The zero-order chi connectivity index (χ0) is 64.0. The standard InChI is InChI=1S/C70H80O20/c1-61(2)31-81-66(82-32-61)41-76-56(71)46-11-13-47(14-12-46)57(72)77-44-69(87-37-64(7,8)38-88-69)54-27-29-55(30-28-54)70(89-39-65(9,10)40-90-70)45-80-60(75)50-19-25-53(26-20-50)68(85-35-63(5,6)36-86-68)43-79-59(74)49-17-23-52(24-18-49)67(83-33-62(3,4)34-84-67)42-78-58(73)48-15-21-51(66)22-16-48/h11-30H,31-45H2,1-10H3. The molecule has 0 aromatic heterocycles. The normalized spacial score (nSPS) is 24.4. The Morgan fingerprint density at radius 2 is 0.322 bits per heavy atom. The van der Waals surface area contributed by atoms with E-state index in [0.717, 1.165) is 0 Å². The van der Waals surface area contributed by atoms with Crippen LogP contribution < -0.4 is 0 Å². The van der Waals surface area contributed by atoms with Crippen LogP contribution in [0.15, 0.2) is 121 Å². The summed E-state index contributed by atoms with van der Waals surface area (Å²) in [4.78, 5) is 69.6. The Labute approximate surface area is 524 Å². The molecule has 11 aliphatic heterocycles. The molecule has 0 atom stereocenters. The molecule has 0 amide bonds. The number of esters is 5. The maximum atomic E-state index is 14.0. The SMILES string of the molecule is CC1(C)COC2(COC(=O)c3ccc(cc3)C(=O)OCC3(OCC(C)(C)CO3)c3ccc(cc3)C3(COC(=O)c4ccc(cc4)C4(COC(=O)c5ccc(cc5)C5(COC(=O)c6ccc2cc6)OCC(C)(C)CO5)OCC(C)(C)CO4)OCC(C)(C)CO3)OC1. The Morgan fingerprint density at radius 1 is 0.200 bits per heavy atom. The average Bonchev–Trinajstić information content (AvgIpc) is 0.867. The number of hydrogen-bond donors (Lipinski definition) is 0. The van der Waals surface area contributed by atoms with E-state index >= 15 is 0 Å².